The highest BCUT2D eigenvalue weighted by Gasteiger charge is 2.01. The van der Waals surface area contributed by atoms with Gasteiger partial charge in [0.05, 0.1) is 0 Å². The van der Waals surface area contributed by atoms with Crippen molar-refractivity contribution in [1.29, 1.82) is 0 Å². The zero-order valence-electron chi connectivity index (χ0n) is 7.08. The van der Waals surface area contributed by atoms with Gasteiger partial charge in [0.15, 0.2) is 0 Å². The third-order valence-corrected chi connectivity index (χ3v) is 0.915. The average Bonchev–Trinajstić information content (AvgIpc) is 1.90. The van der Waals surface area contributed by atoms with Gasteiger partial charge in [-0.05, 0) is 19.9 Å². The number of aliphatic hydroxyl groups excluding tert-OH is 1. The topological polar surface area (TPSA) is 83.5 Å². The van der Waals surface area contributed by atoms with Crippen LogP contribution in [-0.4, -0.2) is 28.8 Å². The highest BCUT2D eigenvalue weighted by Crippen LogP contribution is 1.77. The molecule has 0 saturated heterocycles. The molecule has 0 amide bonds. The van der Waals surface area contributed by atoms with Crippen LogP contribution in [-0.2, 0) is 4.79 Å². The van der Waals surface area contributed by atoms with Crippen LogP contribution in [0.15, 0.2) is 0 Å². The van der Waals surface area contributed by atoms with Crippen molar-refractivity contribution in [3.05, 3.63) is 0 Å². The van der Waals surface area contributed by atoms with Crippen LogP contribution < -0.4 is 5.73 Å². The molecular weight excluding hydrogens is 146 g/mol. The highest BCUT2D eigenvalue weighted by molar-refractivity contribution is 5.71. The minimum absolute atomic E-state index is 0.844. The summed E-state index contributed by atoms with van der Waals surface area (Å²) in [5, 5.41) is 15.8. The summed E-state index contributed by atoms with van der Waals surface area (Å²) < 4.78 is 0. The summed E-state index contributed by atoms with van der Waals surface area (Å²) in [4.78, 5) is 9.45. The van der Waals surface area contributed by atoms with Crippen LogP contribution >= 0.6 is 0 Å². The first-order valence-corrected chi connectivity index (χ1v) is 3.67. The molecule has 0 aliphatic carbocycles. The van der Waals surface area contributed by atoms with E-state index in [9.17, 15) is 4.79 Å². The van der Waals surface area contributed by atoms with E-state index in [-0.39, 0.29) is 0 Å². The van der Waals surface area contributed by atoms with Gasteiger partial charge in [0.25, 0.3) is 0 Å². The van der Waals surface area contributed by atoms with Crippen LogP contribution in [0.4, 0.5) is 0 Å². The van der Waals surface area contributed by atoms with E-state index in [2.05, 4.69) is 6.92 Å². The molecule has 0 bridgehead atoms. The summed E-state index contributed by atoms with van der Waals surface area (Å²) in [5.41, 5.74) is 5.14. The van der Waals surface area contributed by atoms with Crippen LogP contribution in [0.1, 0.15) is 26.7 Å². The van der Waals surface area contributed by atoms with Gasteiger partial charge in [-0.3, -0.25) is 0 Å². The number of aliphatic carboxylic acids is 1. The number of carboxylic acid groups (broad SMARTS) is 1. The lowest BCUT2D eigenvalue weighted by atomic mass is 10.3. The standard InChI is InChI=1S/C4H11N.C3H6O3/c1-2-3-4-5;1-2(4)3(5)6/h2-5H2,1H3;2,4H,1H3,(H,5,6). The summed E-state index contributed by atoms with van der Waals surface area (Å²) in [5.74, 6) is -1.19. The molecule has 0 fully saturated rings. The molecule has 0 aromatic rings. The lowest BCUT2D eigenvalue weighted by molar-refractivity contribution is -0.145. The van der Waals surface area contributed by atoms with Crippen molar-refractivity contribution < 1.29 is 15.0 Å². The van der Waals surface area contributed by atoms with Crippen molar-refractivity contribution in [2.45, 2.75) is 32.8 Å². The van der Waals surface area contributed by atoms with Crippen LogP contribution in [0, 0.1) is 0 Å². The number of unbranched alkanes of at least 4 members (excludes halogenated alkanes) is 1. The zero-order valence-corrected chi connectivity index (χ0v) is 7.08. The van der Waals surface area contributed by atoms with Crippen LogP contribution in [0.2, 0.25) is 0 Å². The zero-order chi connectivity index (χ0) is 9.28. The molecule has 0 spiro atoms. The molecule has 1 atom stereocenters. The van der Waals surface area contributed by atoms with Crippen molar-refractivity contribution in [2.75, 3.05) is 6.54 Å². The number of hydrogen-bond donors (Lipinski definition) is 3. The number of carbonyl (C=O) groups is 1. The van der Waals surface area contributed by atoms with Crippen molar-refractivity contribution in [1.82, 2.24) is 0 Å². The Bertz CT molecular complexity index is 91.7. The van der Waals surface area contributed by atoms with E-state index < -0.39 is 12.1 Å². The number of hydrogen-bond acceptors (Lipinski definition) is 3. The Morgan fingerprint density at radius 3 is 2.00 bits per heavy atom. The van der Waals surface area contributed by atoms with Crippen molar-refractivity contribution in [3.8, 4) is 0 Å². The summed E-state index contributed by atoms with van der Waals surface area (Å²) in [6, 6.07) is 0. The molecule has 4 nitrogen and oxygen atoms in total. The molecule has 4 N–H and O–H groups in total. The first-order chi connectivity index (χ1) is 5.06. The maximum atomic E-state index is 9.45. The van der Waals surface area contributed by atoms with E-state index in [1.54, 1.807) is 0 Å². The van der Waals surface area contributed by atoms with Crippen molar-refractivity contribution in [2.24, 2.45) is 5.73 Å². The first kappa shape index (κ1) is 13.0. The molecule has 0 aromatic heterocycles. The largest absolute Gasteiger partial charge is 0.479 e. The number of aliphatic hydroxyl groups is 1. The fourth-order valence-corrected chi connectivity index (χ4v) is 0.204. The molecule has 1 unspecified atom stereocenters. The normalized spacial score (nSPS) is 11.3. The minimum atomic E-state index is -1.23. The average molecular weight is 163 g/mol. The Kier molecular flexibility index (Phi) is 11.1. The molecule has 0 rings (SSSR count). The van der Waals surface area contributed by atoms with E-state index in [1.807, 2.05) is 0 Å². The highest BCUT2D eigenvalue weighted by atomic mass is 16.4. The van der Waals surface area contributed by atoms with Crippen LogP contribution in [0.5, 0.6) is 0 Å². The van der Waals surface area contributed by atoms with Gasteiger partial charge in [-0.15, -0.1) is 0 Å². The summed E-state index contributed by atoms with van der Waals surface area (Å²) >= 11 is 0. The van der Waals surface area contributed by atoms with Crippen LogP contribution in [0.25, 0.3) is 0 Å². The first-order valence-electron chi connectivity index (χ1n) is 3.67. The molecule has 0 aliphatic heterocycles. The smallest absolute Gasteiger partial charge is 0.332 e. The Hall–Kier alpha value is -0.610. The molecular formula is C7H17NO3. The van der Waals surface area contributed by atoms with E-state index in [4.69, 9.17) is 15.9 Å². The molecule has 68 valence electrons. The summed E-state index contributed by atoms with van der Waals surface area (Å²) in [7, 11) is 0. The van der Waals surface area contributed by atoms with Crippen molar-refractivity contribution in [3.63, 3.8) is 0 Å². The second-order valence-electron chi connectivity index (χ2n) is 2.16. The van der Waals surface area contributed by atoms with Gasteiger partial charge >= 0.3 is 5.97 Å². The lowest BCUT2D eigenvalue weighted by Gasteiger charge is -1.89. The molecule has 11 heavy (non-hydrogen) atoms. The molecule has 0 aromatic carbocycles. The summed E-state index contributed by atoms with van der Waals surface area (Å²) in [6.45, 7) is 4.17. The molecule has 4 heteroatoms. The van der Waals surface area contributed by atoms with E-state index >= 15 is 0 Å². The monoisotopic (exact) mass is 163 g/mol. The number of rotatable bonds is 3. The Morgan fingerprint density at radius 2 is 2.00 bits per heavy atom. The quantitative estimate of drug-likeness (QED) is 0.555. The van der Waals surface area contributed by atoms with E-state index in [0.717, 1.165) is 6.54 Å². The predicted molar refractivity (Wildman–Crippen MR) is 43.3 cm³/mol. The van der Waals surface area contributed by atoms with Gasteiger partial charge in [-0.2, -0.15) is 0 Å². The predicted octanol–water partition coefficient (Wildman–Crippen LogP) is 0.197. The van der Waals surface area contributed by atoms with Crippen LogP contribution in [0.3, 0.4) is 0 Å². The SMILES string of the molecule is CC(O)C(=O)O.CCCCN. The van der Waals surface area contributed by atoms with Gasteiger partial charge in [0.2, 0.25) is 0 Å². The molecule has 0 radical (unpaired) electrons. The van der Waals surface area contributed by atoms with Gasteiger partial charge < -0.3 is 15.9 Å². The Morgan fingerprint density at radius 1 is 1.64 bits per heavy atom. The van der Waals surface area contributed by atoms with Gasteiger partial charge in [-0.25, -0.2) is 4.79 Å². The molecule has 0 heterocycles. The molecule has 0 saturated carbocycles. The second kappa shape index (κ2) is 9.39. The van der Waals surface area contributed by atoms with Gasteiger partial charge in [0.1, 0.15) is 6.10 Å². The lowest BCUT2D eigenvalue weighted by Crippen LogP contribution is -2.13. The summed E-state index contributed by atoms with van der Waals surface area (Å²) in [6.07, 6.45) is 1.15. The second-order valence-corrected chi connectivity index (χ2v) is 2.16. The van der Waals surface area contributed by atoms with E-state index in [1.165, 1.54) is 19.8 Å². The minimum Gasteiger partial charge on any atom is -0.479 e. The number of carboxylic acids is 1. The molecule has 0 aliphatic rings. The van der Waals surface area contributed by atoms with Gasteiger partial charge in [0, 0.05) is 0 Å². The maximum Gasteiger partial charge on any atom is 0.332 e. The van der Waals surface area contributed by atoms with Crippen molar-refractivity contribution >= 4 is 5.97 Å². The fourth-order valence-electron chi connectivity index (χ4n) is 0.204. The fraction of sp³-hybridized carbons (Fsp3) is 0.857. The maximum absolute atomic E-state index is 9.45. The number of nitrogens with two attached hydrogens (primary N) is 1. The Balaban J connectivity index is 0. The van der Waals surface area contributed by atoms with Gasteiger partial charge in [-0.1, -0.05) is 13.3 Å². The van der Waals surface area contributed by atoms with E-state index in [0.29, 0.717) is 0 Å². The third kappa shape index (κ3) is 17.7. The third-order valence-electron chi connectivity index (χ3n) is 0.915. The Labute approximate surface area is 67.0 Å².